The standard InChI is InChI=1S/C11H15F3N2O/c12-11(13,14)10(4-5-15-8-10)9(17)16-6-2-1-3-7-16/h1-2,15H,3-8H2. The average molecular weight is 248 g/mol. The van der Waals surface area contributed by atoms with E-state index >= 15 is 0 Å². The largest absolute Gasteiger partial charge is 0.404 e. The number of rotatable bonds is 1. The maximum absolute atomic E-state index is 13.1. The molecule has 0 aromatic rings. The molecule has 1 atom stereocenters. The second-order valence-electron chi connectivity index (χ2n) is 4.52. The van der Waals surface area contributed by atoms with Crippen molar-refractivity contribution in [1.82, 2.24) is 10.2 Å². The molecule has 2 rings (SSSR count). The first kappa shape index (κ1) is 12.4. The number of nitrogens with zero attached hydrogens (tertiary/aromatic N) is 1. The summed E-state index contributed by atoms with van der Waals surface area (Å²) in [5.74, 6) is -0.778. The topological polar surface area (TPSA) is 32.3 Å². The number of hydrogen-bond donors (Lipinski definition) is 1. The van der Waals surface area contributed by atoms with E-state index in [1.54, 1.807) is 6.08 Å². The van der Waals surface area contributed by atoms with Crippen molar-refractivity contribution in [1.29, 1.82) is 0 Å². The van der Waals surface area contributed by atoms with Crippen molar-refractivity contribution >= 4 is 5.91 Å². The van der Waals surface area contributed by atoms with E-state index in [1.807, 2.05) is 6.08 Å². The van der Waals surface area contributed by atoms with Gasteiger partial charge in [-0.2, -0.15) is 13.2 Å². The number of halogens is 3. The highest BCUT2D eigenvalue weighted by molar-refractivity contribution is 5.84. The summed E-state index contributed by atoms with van der Waals surface area (Å²) in [6.07, 6.45) is -0.373. The van der Waals surface area contributed by atoms with E-state index in [1.165, 1.54) is 4.90 Å². The van der Waals surface area contributed by atoms with E-state index in [4.69, 9.17) is 0 Å². The van der Waals surface area contributed by atoms with E-state index in [2.05, 4.69) is 5.32 Å². The van der Waals surface area contributed by atoms with Crippen LogP contribution in [0.2, 0.25) is 0 Å². The van der Waals surface area contributed by atoms with Crippen LogP contribution >= 0.6 is 0 Å². The van der Waals surface area contributed by atoms with Crippen molar-refractivity contribution in [2.24, 2.45) is 5.41 Å². The lowest BCUT2D eigenvalue weighted by atomic mass is 9.84. The van der Waals surface area contributed by atoms with Crippen LogP contribution in [0.25, 0.3) is 0 Å². The van der Waals surface area contributed by atoms with Crippen LogP contribution in [0.3, 0.4) is 0 Å². The van der Waals surface area contributed by atoms with Gasteiger partial charge in [0.15, 0.2) is 5.41 Å². The van der Waals surface area contributed by atoms with Gasteiger partial charge in [-0.25, -0.2) is 0 Å². The Hall–Kier alpha value is -1.04. The molecule has 0 spiro atoms. The summed E-state index contributed by atoms with van der Waals surface area (Å²) in [5, 5.41) is 2.65. The first-order chi connectivity index (χ1) is 7.97. The zero-order chi connectivity index (χ0) is 12.5. The van der Waals surface area contributed by atoms with Crippen molar-refractivity contribution in [3.8, 4) is 0 Å². The number of alkyl halides is 3. The van der Waals surface area contributed by atoms with Crippen LogP contribution in [0.1, 0.15) is 12.8 Å². The number of carbonyl (C=O) groups excluding carboxylic acids is 1. The summed E-state index contributed by atoms with van der Waals surface area (Å²) in [6, 6.07) is 0. The zero-order valence-corrected chi connectivity index (χ0v) is 9.39. The lowest BCUT2D eigenvalue weighted by Crippen LogP contribution is -2.54. The molecule has 96 valence electrons. The number of amides is 1. The molecule has 6 heteroatoms. The van der Waals surface area contributed by atoms with E-state index in [-0.39, 0.29) is 26.1 Å². The minimum atomic E-state index is -4.48. The molecule has 2 aliphatic heterocycles. The smallest absolute Gasteiger partial charge is 0.338 e. The predicted octanol–water partition coefficient (Wildman–Crippen LogP) is 1.32. The molecule has 0 aliphatic carbocycles. The van der Waals surface area contributed by atoms with Gasteiger partial charge in [-0.1, -0.05) is 12.2 Å². The highest BCUT2D eigenvalue weighted by atomic mass is 19.4. The average Bonchev–Trinajstić information content (AvgIpc) is 2.79. The summed E-state index contributed by atoms with van der Waals surface area (Å²) in [4.78, 5) is 13.4. The maximum atomic E-state index is 13.1. The van der Waals surface area contributed by atoms with Crippen LogP contribution in [-0.2, 0) is 4.79 Å². The van der Waals surface area contributed by atoms with E-state index < -0.39 is 17.5 Å². The second-order valence-corrected chi connectivity index (χ2v) is 4.52. The van der Waals surface area contributed by atoms with Crippen molar-refractivity contribution in [3.05, 3.63) is 12.2 Å². The third kappa shape index (κ3) is 2.06. The van der Waals surface area contributed by atoms with Crippen LogP contribution in [-0.4, -0.2) is 43.2 Å². The number of hydrogen-bond acceptors (Lipinski definition) is 2. The lowest BCUT2D eigenvalue weighted by Gasteiger charge is -2.35. The van der Waals surface area contributed by atoms with E-state index in [0.29, 0.717) is 13.0 Å². The Labute approximate surface area is 97.7 Å². The summed E-state index contributed by atoms with van der Waals surface area (Å²) in [7, 11) is 0. The fourth-order valence-electron chi connectivity index (χ4n) is 2.37. The van der Waals surface area contributed by atoms with Crippen molar-refractivity contribution in [2.45, 2.75) is 19.0 Å². The van der Waals surface area contributed by atoms with Crippen LogP contribution in [0, 0.1) is 5.41 Å². The Morgan fingerprint density at radius 3 is 2.59 bits per heavy atom. The molecule has 0 aromatic heterocycles. The normalized spacial score (nSPS) is 29.7. The van der Waals surface area contributed by atoms with Gasteiger partial charge >= 0.3 is 6.18 Å². The molecule has 1 fully saturated rings. The summed E-state index contributed by atoms with van der Waals surface area (Å²) < 4.78 is 39.3. The number of nitrogens with one attached hydrogen (secondary N) is 1. The molecule has 0 saturated carbocycles. The molecule has 17 heavy (non-hydrogen) atoms. The van der Waals surface area contributed by atoms with Gasteiger partial charge in [-0.15, -0.1) is 0 Å². The Kier molecular flexibility index (Phi) is 3.16. The quantitative estimate of drug-likeness (QED) is 0.710. The van der Waals surface area contributed by atoms with Gasteiger partial charge in [0.2, 0.25) is 5.91 Å². The molecule has 0 radical (unpaired) electrons. The summed E-state index contributed by atoms with van der Waals surface area (Å²) in [5.41, 5.74) is -2.21. The fourth-order valence-corrected chi connectivity index (χ4v) is 2.37. The molecule has 2 heterocycles. The van der Waals surface area contributed by atoms with Crippen LogP contribution in [0.15, 0.2) is 12.2 Å². The number of carbonyl (C=O) groups is 1. The van der Waals surface area contributed by atoms with Gasteiger partial charge in [0.1, 0.15) is 0 Å². The molecular formula is C11H15F3N2O. The predicted molar refractivity (Wildman–Crippen MR) is 56.3 cm³/mol. The molecule has 0 bridgehead atoms. The molecule has 1 unspecified atom stereocenters. The van der Waals surface area contributed by atoms with E-state index in [9.17, 15) is 18.0 Å². The van der Waals surface area contributed by atoms with Gasteiger partial charge in [0, 0.05) is 19.6 Å². The molecule has 1 amide bonds. The molecule has 2 aliphatic rings. The minimum Gasteiger partial charge on any atom is -0.338 e. The Morgan fingerprint density at radius 2 is 2.12 bits per heavy atom. The minimum absolute atomic E-state index is 0.157. The Balaban J connectivity index is 2.22. The maximum Gasteiger partial charge on any atom is 0.404 e. The van der Waals surface area contributed by atoms with Crippen molar-refractivity contribution < 1.29 is 18.0 Å². The fraction of sp³-hybridized carbons (Fsp3) is 0.727. The zero-order valence-electron chi connectivity index (χ0n) is 9.39. The summed E-state index contributed by atoms with van der Waals surface area (Å²) >= 11 is 0. The monoisotopic (exact) mass is 248 g/mol. The molecule has 1 N–H and O–H groups in total. The van der Waals surface area contributed by atoms with Crippen LogP contribution in [0.4, 0.5) is 13.2 Å². The first-order valence-corrected chi connectivity index (χ1v) is 5.69. The second kappa shape index (κ2) is 4.33. The lowest BCUT2D eigenvalue weighted by molar-refractivity contribution is -0.221. The van der Waals surface area contributed by atoms with Crippen molar-refractivity contribution in [2.75, 3.05) is 26.2 Å². The molecular weight excluding hydrogens is 233 g/mol. The Morgan fingerprint density at radius 1 is 1.35 bits per heavy atom. The molecule has 1 saturated heterocycles. The molecule has 3 nitrogen and oxygen atoms in total. The Bertz CT molecular complexity index is 332. The van der Waals surface area contributed by atoms with Crippen LogP contribution in [0.5, 0.6) is 0 Å². The molecule has 0 aromatic carbocycles. The third-order valence-electron chi connectivity index (χ3n) is 3.45. The SMILES string of the molecule is O=C(N1CC=CCC1)C1(C(F)(F)F)CCNC1. The van der Waals surface area contributed by atoms with Gasteiger partial charge in [-0.05, 0) is 19.4 Å². The highest BCUT2D eigenvalue weighted by Crippen LogP contribution is 2.44. The van der Waals surface area contributed by atoms with Gasteiger partial charge in [-0.3, -0.25) is 4.79 Å². The van der Waals surface area contributed by atoms with Gasteiger partial charge in [0.25, 0.3) is 0 Å². The highest BCUT2D eigenvalue weighted by Gasteiger charge is 2.62. The first-order valence-electron chi connectivity index (χ1n) is 5.69. The van der Waals surface area contributed by atoms with Crippen molar-refractivity contribution in [3.63, 3.8) is 0 Å². The third-order valence-corrected chi connectivity index (χ3v) is 3.45. The van der Waals surface area contributed by atoms with Crippen LogP contribution < -0.4 is 5.32 Å². The van der Waals surface area contributed by atoms with Gasteiger partial charge < -0.3 is 10.2 Å². The van der Waals surface area contributed by atoms with E-state index in [0.717, 1.165) is 0 Å². The summed E-state index contributed by atoms with van der Waals surface area (Å²) in [6.45, 7) is 0.619. The van der Waals surface area contributed by atoms with Gasteiger partial charge in [0.05, 0.1) is 0 Å².